The van der Waals surface area contributed by atoms with Gasteiger partial charge in [-0.2, -0.15) is 0 Å². The zero-order chi connectivity index (χ0) is 19.9. The van der Waals surface area contributed by atoms with Crippen molar-refractivity contribution >= 4 is 11.9 Å². The second-order valence-corrected chi connectivity index (χ2v) is 8.65. The first-order valence-electron chi connectivity index (χ1n) is 10.8. The molecule has 1 aliphatic carbocycles. The van der Waals surface area contributed by atoms with Crippen LogP contribution in [0.15, 0.2) is 29.3 Å². The average Bonchev–Trinajstić information content (AvgIpc) is 3.09. The molecule has 1 heterocycles. The molecular formula is C23H36N4O. The fourth-order valence-electron chi connectivity index (χ4n) is 4.48. The molecule has 3 rings (SSSR count). The molecule has 1 saturated carbocycles. The highest BCUT2D eigenvalue weighted by molar-refractivity contribution is 5.79. The van der Waals surface area contributed by atoms with Crippen molar-refractivity contribution in [2.45, 2.75) is 58.5 Å². The van der Waals surface area contributed by atoms with Crippen molar-refractivity contribution in [1.82, 2.24) is 15.1 Å². The summed E-state index contributed by atoms with van der Waals surface area (Å²) >= 11 is 0. The van der Waals surface area contributed by atoms with E-state index >= 15 is 0 Å². The standard InChI is InChI=1S/C23H36N4O/c1-18-9-11-19(12-10-18)16-26(3)23(24-2)25-15-20-6-4-7-21(14-20)17-27-13-5-8-22(27)28/h4,6-7,14,18-19H,5,8-13,15-17H2,1-3H3,(H,24,25). The van der Waals surface area contributed by atoms with Gasteiger partial charge < -0.3 is 15.1 Å². The molecule has 1 aromatic carbocycles. The monoisotopic (exact) mass is 384 g/mol. The van der Waals surface area contributed by atoms with Gasteiger partial charge in [-0.05, 0) is 42.2 Å². The molecule has 1 N–H and O–H groups in total. The van der Waals surface area contributed by atoms with E-state index in [1.165, 1.54) is 36.8 Å². The summed E-state index contributed by atoms with van der Waals surface area (Å²) in [4.78, 5) is 20.6. The fourth-order valence-corrected chi connectivity index (χ4v) is 4.48. The maximum atomic E-state index is 11.9. The highest BCUT2D eigenvalue weighted by atomic mass is 16.2. The summed E-state index contributed by atoms with van der Waals surface area (Å²) in [6.45, 7) is 5.80. The van der Waals surface area contributed by atoms with Gasteiger partial charge in [-0.1, -0.05) is 44.0 Å². The van der Waals surface area contributed by atoms with Gasteiger partial charge in [0.2, 0.25) is 5.91 Å². The Morgan fingerprint density at radius 3 is 2.68 bits per heavy atom. The summed E-state index contributed by atoms with van der Waals surface area (Å²) in [5.74, 6) is 2.91. The highest BCUT2D eigenvalue weighted by Crippen LogP contribution is 2.28. The van der Waals surface area contributed by atoms with Crippen molar-refractivity contribution in [2.24, 2.45) is 16.8 Å². The van der Waals surface area contributed by atoms with Gasteiger partial charge in [-0.15, -0.1) is 0 Å². The molecule has 0 aromatic heterocycles. The maximum absolute atomic E-state index is 11.9. The summed E-state index contributed by atoms with van der Waals surface area (Å²) < 4.78 is 0. The quantitative estimate of drug-likeness (QED) is 0.602. The van der Waals surface area contributed by atoms with Gasteiger partial charge in [0.1, 0.15) is 0 Å². The predicted molar refractivity (Wildman–Crippen MR) is 115 cm³/mol. The van der Waals surface area contributed by atoms with Crippen LogP contribution in [0.4, 0.5) is 0 Å². The Morgan fingerprint density at radius 1 is 1.25 bits per heavy atom. The van der Waals surface area contributed by atoms with Crippen LogP contribution in [-0.2, 0) is 17.9 Å². The minimum absolute atomic E-state index is 0.280. The number of hydrogen-bond donors (Lipinski definition) is 1. The minimum atomic E-state index is 0.280. The van der Waals surface area contributed by atoms with Crippen molar-refractivity contribution in [1.29, 1.82) is 0 Å². The van der Waals surface area contributed by atoms with E-state index in [-0.39, 0.29) is 5.91 Å². The van der Waals surface area contributed by atoms with E-state index in [9.17, 15) is 4.79 Å². The van der Waals surface area contributed by atoms with E-state index in [1.54, 1.807) is 0 Å². The summed E-state index contributed by atoms with van der Waals surface area (Å²) in [5.41, 5.74) is 2.43. The number of carbonyl (C=O) groups excluding carboxylic acids is 1. The number of carbonyl (C=O) groups is 1. The number of hydrogen-bond acceptors (Lipinski definition) is 2. The second kappa shape index (κ2) is 9.94. The van der Waals surface area contributed by atoms with Crippen LogP contribution in [0.5, 0.6) is 0 Å². The molecule has 28 heavy (non-hydrogen) atoms. The number of likely N-dealkylation sites (tertiary alicyclic amines) is 1. The predicted octanol–water partition coefficient (Wildman–Crippen LogP) is 3.64. The first-order valence-corrected chi connectivity index (χ1v) is 10.8. The molecule has 0 radical (unpaired) electrons. The van der Waals surface area contributed by atoms with Crippen molar-refractivity contribution < 1.29 is 4.79 Å². The summed E-state index contributed by atoms with van der Waals surface area (Å²) in [6, 6.07) is 8.54. The molecule has 2 aliphatic rings. The second-order valence-electron chi connectivity index (χ2n) is 8.65. The molecule has 1 saturated heterocycles. The van der Waals surface area contributed by atoms with Crippen molar-refractivity contribution in [3.63, 3.8) is 0 Å². The lowest BCUT2D eigenvalue weighted by molar-refractivity contribution is -0.128. The Labute approximate surface area is 170 Å². The highest BCUT2D eigenvalue weighted by Gasteiger charge is 2.21. The molecule has 5 heteroatoms. The number of guanidine groups is 1. The van der Waals surface area contributed by atoms with Crippen LogP contribution >= 0.6 is 0 Å². The zero-order valence-corrected chi connectivity index (χ0v) is 17.8. The Balaban J connectivity index is 1.50. The third-order valence-corrected chi connectivity index (χ3v) is 6.23. The van der Waals surface area contributed by atoms with E-state index in [2.05, 4.69) is 53.4 Å². The van der Waals surface area contributed by atoms with Gasteiger partial charge in [-0.25, -0.2) is 0 Å². The van der Waals surface area contributed by atoms with Crippen LogP contribution in [0.25, 0.3) is 0 Å². The maximum Gasteiger partial charge on any atom is 0.222 e. The Bertz CT molecular complexity index is 679. The van der Waals surface area contributed by atoms with Gasteiger partial charge in [0.05, 0.1) is 0 Å². The first kappa shape index (κ1) is 20.7. The number of benzene rings is 1. The third-order valence-electron chi connectivity index (χ3n) is 6.23. The molecule has 5 nitrogen and oxygen atoms in total. The number of rotatable bonds is 6. The zero-order valence-electron chi connectivity index (χ0n) is 17.8. The normalized spacial score (nSPS) is 23.2. The van der Waals surface area contributed by atoms with Crippen molar-refractivity contribution in [3.05, 3.63) is 35.4 Å². The number of aliphatic imine (C=N–C) groups is 1. The van der Waals surface area contributed by atoms with Crippen LogP contribution < -0.4 is 5.32 Å². The summed E-state index contributed by atoms with van der Waals surface area (Å²) in [6.07, 6.45) is 7.07. The smallest absolute Gasteiger partial charge is 0.222 e. The fraction of sp³-hybridized carbons (Fsp3) is 0.652. The van der Waals surface area contributed by atoms with E-state index in [4.69, 9.17) is 0 Å². The van der Waals surface area contributed by atoms with E-state index in [0.29, 0.717) is 6.42 Å². The Kier molecular flexibility index (Phi) is 7.35. The van der Waals surface area contributed by atoms with Gasteiger partial charge in [0, 0.05) is 46.7 Å². The lowest BCUT2D eigenvalue weighted by atomic mass is 9.83. The molecular weight excluding hydrogens is 348 g/mol. The van der Waals surface area contributed by atoms with Gasteiger partial charge in [0.15, 0.2) is 5.96 Å². The molecule has 2 fully saturated rings. The third kappa shape index (κ3) is 5.73. The van der Waals surface area contributed by atoms with E-state index < -0.39 is 0 Å². The van der Waals surface area contributed by atoms with E-state index in [1.807, 2.05) is 11.9 Å². The Morgan fingerprint density at radius 2 is 2.00 bits per heavy atom. The van der Waals surface area contributed by atoms with Gasteiger partial charge in [-0.3, -0.25) is 9.79 Å². The first-order chi connectivity index (χ1) is 13.5. The summed E-state index contributed by atoms with van der Waals surface area (Å²) in [5, 5.41) is 3.51. The molecule has 1 aliphatic heterocycles. The van der Waals surface area contributed by atoms with Crippen LogP contribution in [0.3, 0.4) is 0 Å². The largest absolute Gasteiger partial charge is 0.352 e. The molecule has 154 valence electrons. The topological polar surface area (TPSA) is 47.9 Å². The van der Waals surface area contributed by atoms with Crippen molar-refractivity contribution in [3.8, 4) is 0 Å². The molecule has 1 amide bonds. The Hall–Kier alpha value is -2.04. The van der Waals surface area contributed by atoms with Crippen molar-refractivity contribution in [2.75, 3.05) is 27.2 Å². The van der Waals surface area contributed by atoms with Crippen LogP contribution in [0, 0.1) is 11.8 Å². The number of amides is 1. The van der Waals surface area contributed by atoms with Gasteiger partial charge >= 0.3 is 0 Å². The molecule has 0 unspecified atom stereocenters. The minimum Gasteiger partial charge on any atom is -0.352 e. The summed E-state index contributed by atoms with van der Waals surface area (Å²) in [7, 11) is 4.00. The molecule has 0 atom stereocenters. The van der Waals surface area contributed by atoms with E-state index in [0.717, 1.165) is 50.4 Å². The van der Waals surface area contributed by atoms with Crippen LogP contribution in [-0.4, -0.2) is 48.9 Å². The number of nitrogens with one attached hydrogen (secondary N) is 1. The van der Waals surface area contributed by atoms with Gasteiger partial charge in [0.25, 0.3) is 0 Å². The molecule has 1 aromatic rings. The lowest BCUT2D eigenvalue weighted by Crippen LogP contribution is -2.41. The number of nitrogens with zero attached hydrogens (tertiary/aromatic N) is 3. The SMILES string of the molecule is CN=C(NCc1cccc(CN2CCCC2=O)c1)N(C)CC1CCC(C)CC1. The average molecular weight is 385 g/mol. The van der Waals surface area contributed by atoms with Crippen LogP contribution in [0.2, 0.25) is 0 Å². The molecule has 0 bridgehead atoms. The molecule has 0 spiro atoms. The lowest BCUT2D eigenvalue weighted by Gasteiger charge is -2.31. The van der Waals surface area contributed by atoms with Crippen LogP contribution in [0.1, 0.15) is 56.6 Å².